The molecule has 3 aromatic rings. The van der Waals surface area contributed by atoms with E-state index in [9.17, 15) is 0 Å². The first-order valence-electron chi connectivity index (χ1n) is 9.94. The third-order valence-corrected chi connectivity index (χ3v) is 4.68. The Kier molecular flexibility index (Phi) is 6.96. The minimum absolute atomic E-state index is 0.529. The summed E-state index contributed by atoms with van der Waals surface area (Å²) >= 11 is 0. The Hall–Kier alpha value is -2.94. The number of anilines is 1. The van der Waals surface area contributed by atoms with Gasteiger partial charge in [0.05, 0.1) is 6.61 Å². The lowest BCUT2D eigenvalue weighted by Gasteiger charge is -2.14. The molecule has 3 rings (SSSR count). The van der Waals surface area contributed by atoms with Gasteiger partial charge in [0.1, 0.15) is 6.61 Å². The Morgan fingerprint density at radius 2 is 1.39 bits per heavy atom. The van der Waals surface area contributed by atoms with Crippen LogP contribution in [0.1, 0.15) is 36.1 Å². The summed E-state index contributed by atoms with van der Waals surface area (Å²) in [7, 11) is 0. The molecule has 0 spiro atoms. The lowest BCUT2D eigenvalue weighted by atomic mass is 10.1. The van der Waals surface area contributed by atoms with Gasteiger partial charge in [-0.25, -0.2) is 0 Å². The van der Waals surface area contributed by atoms with E-state index in [2.05, 4.69) is 79.8 Å². The minimum atomic E-state index is 0.529. The summed E-state index contributed by atoms with van der Waals surface area (Å²) in [5.41, 5.74) is 6.02. The molecular formula is C25H29NO2. The third kappa shape index (κ3) is 5.53. The molecule has 0 amide bonds. The molecular weight excluding hydrogens is 346 g/mol. The van der Waals surface area contributed by atoms with E-state index in [1.807, 2.05) is 13.0 Å². The van der Waals surface area contributed by atoms with Crippen molar-refractivity contribution < 1.29 is 9.47 Å². The molecule has 28 heavy (non-hydrogen) atoms. The molecule has 0 heterocycles. The van der Waals surface area contributed by atoms with Crippen molar-refractivity contribution in [3.8, 4) is 11.5 Å². The Balaban J connectivity index is 1.64. The number of benzene rings is 3. The molecule has 0 bridgehead atoms. The molecule has 0 fully saturated rings. The molecule has 0 aromatic heterocycles. The summed E-state index contributed by atoms with van der Waals surface area (Å²) in [6.45, 7) is 8.12. The van der Waals surface area contributed by atoms with Gasteiger partial charge in [-0.3, -0.25) is 0 Å². The van der Waals surface area contributed by atoms with E-state index in [1.165, 1.54) is 11.1 Å². The van der Waals surface area contributed by atoms with Crippen LogP contribution in [0.3, 0.4) is 0 Å². The molecule has 0 aliphatic carbocycles. The highest BCUT2D eigenvalue weighted by molar-refractivity contribution is 5.47. The summed E-state index contributed by atoms with van der Waals surface area (Å²) < 4.78 is 11.8. The van der Waals surface area contributed by atoms with Crippen LogP contribution in [0.4, 0.5) is 5.69 Å². The van der Waals surface area contributed by atoms with Gasteiger partial charge in [-0.2, -0.15) is 0 Å². The number of hydrogen-bond acceptors (Lipinski definition) is 3. The predicted molar refractivity (Wildman–Crippen MR) is 116 cm³/mol. The topological polar surface area (TPSA) is 30.5 Å². The Morgan fingerprint density at radius 1 is 0.714 bits per heavy atom. The summed E-state index contributed by atoms with van der Waals surface area (Å²) in [6, 6.07) is 23.1. The van der Waals surface area contributed by atoms with E-state index >= 15 is 0 Å². The molecule has 0 aliphatic rings. The average Bonchev–Trinajstić information content (AvgIpc) is 2.73. The average molecular weight is 376 g/mol. The molecule has 3 nitrogen and oxygen atoms in total. The maximum atomic E-state index is 6.01. The zero-order valence-corrected chi connectivity index (χ0v) is 17.0. The monoisotopic (exact) mass is 375 g/mol. The van der Waals surface area contributed by atoms with Crippen molar-refractivity contribution in [3.63, 3.8) is 0 Å². The normalized spacial score (nSPS) is 10.5. The van der Waals surface area contributed by atoms with E-state index < -0.39 is 0 Å². The Labute approximate surface area is 168 Å². The second-order valence-electron chi connectivity index (χ2n) is 6.89. The summed E-state index contributed by atoms with van der Waals surface area (Å²) in [5, 5.41) is 3.47. The Morgan fingerprint density at radius 3 is 2.07 bits per heavy atom. The standard InChI is InChI=1S/C25H29NO2/c1-4-20-10-13-23(14-11-20)26-17-22-12-15-24(25(16-22)27-5-2)28-18-21-8-6-19(3)7-9-21/h6-16,26H,4-5,17-18H2,1-3H3. The van der Waals surface area contributed by atoms with Crippen LogP contribution in [0.25, 0.3) is 0 Å². The lowest BCUT2D eigenvalue weighted by molar-refractivity contribution is 0.269. The maximum Gasteiger partial charge on any atom is 0.161 e. The zero-order valence-electron chi connectivity index (χ0n) is 17.0. The van der Waals surface area contributed by atoms with Crippen molar-refractivity contribution >= 4 is 5.69 Å². The van der Waals surface area contributed by atoms with Crippen LogP contribution in [-0.4, -0.2) is 6.61 Å². The van der Waals surface area contributed by atoms with Crippen LogP contribution in [-0.2, 0) is 19.6 Å². The third-order valence-electron chi connectivity index (χ3n) is 4.68. The number of aryl methyl sites for hydroxylation is 2. The second-order valence-corrected chi connectivity index (χ2v) is 6.89. The van der Waals surface area contributed by atoms with E-state index in [0.29, 0.717) is 13.2 Å². The van der Waals surface area contributed by atoms with Crippen LogP contribution in [0.5, 0.6) is 11.5 Å². The lowest BCUT2D eigenvalue weighted by Crippen LogP contribution is -2.03. The van der Waals surface area contributed by atoms with Gasteiger partial charge in [0, 0.05) is 12.2 Å². The zero-order chi connectivity index (χ0) is 19.8. The number of nitrogens with one attached hydrogen (secondary N) is 1. The number of rotatable bonds is 9. The summed E-state index contributed by atoms with van der Waals surface area (Å²) in [4.78, 5) is 0. The van der Waals surface area contributed by atoms with Crippen molar-refractivity contribution in [1.82, 2.24) is 0 Å². The molecule has 0 aliphatic heterocycles. The Bertz CT molecular complexity index is 870. The minimum Gasteiger partial charge on any atom is -0.490 e. The first-order chi connectivity index (χ1) is 13.7. The molecule has 146 valence electrons. The van der Waals surface area contributed by atoms with Gasteiger partial charge in [0.2, 0.25) is 0 Å². The second kappa shape index (κ2) is 9.84. The number of ether oxygens (including phenoxy) is 2. The fraction of sp³-hybridized carbons (Fsp3) is 0.280. The van der Waals surface area contributed by atoms with Crippen LogP contribution in [0.2, 0.25) is 0 Å². The van der Waals surface area contributed by atoms with E-state index in [-0.39, 0.29) is 0 Å². The van der Waals surface area contributed by atoms with Crippen molar-refractivity contribution in [2.75, 3.05) is 11.9 Å². The van der Waals surface area contributed by atoms with Gasteiger partial charge < -0.3 is 14.8 Å². The molecule has 0 saturated heterocycles. The van der Waals surface area contributed by atoms with Gasteiger partial charge in [0.15, 0.2) is 11.5 Å². The SMILES string of the molecule is CCOc1cc(CNc2ccc(CC)cc2)ccc1OCc1ccc(C)cc1. The quantitative estimate of drug-likeness (QED) is 0.487. The molecule has 3 aromatic carbocycles. The van der Waals surface area contributed by atoms with Gasteiger partial charge in [-0.15, -0.1) is 0 Å². The molecule has 0 atom stereocenters. The van der Waals surface area contributed by atoms with Crippen LogP contribution < -0.4 is 14.8 Å². The van der Waals surface area contributed by atoms with Crippen LogP contribution in [0, 0.1) is 6.92 Å². The van der Waals surface area contributed by atoms with Crippen LogP contribution >= 0.6 is 0 Å². The summed E-state index contributed by atoms with van der Waals surface area (Å²) in [5.74, 6) is 1.56. The van der Waals surface area contributed by atoms with Crippen molar-refractivity contribution in [3.05, 3.63) is 89.0 Å². The molecule has 0 radical (unpaired) electrons. The van der Waals surface area contributed by atoms with E-state index in [1.54, 1.807) is 0 Å². The molecule has 1 N–H and O–H groups in total. The highest BCUT2D eigenvalue weighted by Gasteiger charge is 2.07. The van der Waals surface area contributed by atoms with Gasteiger partial charge >= 0.3 is 0 Å². The highest BCUT2D eigenvalue weighted by atomic mass is 16.5. The van der Waals surface area contributed by atoms with Crippen molar-refractivity contribution in [1.29, 1.82) is 0 Å². The first kappa shape index (κ1) is 19.8. The summed E-state index contributed by atoms with van der Waals surface area (Å²) in [6.07, 6.45) is 1.06. The van der Waals surface area contributed by atoms with Crippen LogP contribution in [0.15, 0.2) is 66.7 Å². The van der Waals surface area contributed by atoms with E-state index in [0.717, 1.165) is 41.3 Å². The fourth-order valence-corrected chi connectivity index (χ4v) is 2.96. The van der Waals surface area contributed by atoms with E-state index in [4.69, 9.17) is 9.47 Å². The highest BCUT2D eigenvalue weighted by Crippen LogP contribution is 2.29. The van der Waals surface area contributed by atoms with Gasteiger partial charge in [0.25, 0.3) is 0 Å². The molecule has 0 unspecified atom stereocenters. The smallest absolute Gasteiger partial charge is 0.161 e. The predicted octanol–water partition coefficient (Wildman–Crippen LogP) is 6.15. The van der Waals surface area contributed by atoms with Crippen molar-refractivity contribution in [2.45, 2.75) is 40.3 Å². The molecule has 3 heteroatoms. The largest absolute Gasteiger partial charge is 0.490 e. The number of hydrogen-bond donors (Lipinski definition) is 1. The fourth-order valence-electron chi connectivity index (χ4n) is 2.96. The first-order valence-corrected chi connectivity index (χ1v) is 9.94. The van der Waals surface area contributed by atoms with Crippen molar-refractivity contribution in [2.24, 2.45) is 0 Å². The maximum absolute atomic E-state index is 6.01. The van der Waals surface area contributed by atoms with Gasteiger partial charge in [-0.1, -0.05) is 55.0 Å². The van der Waals surface area contributed by atoms with Gasteiger partial charge in [-0.05, 0) is 61.2 Å². The molecule has 0 saturated carbocycles.